The van der Waals surface area contributed by atoms with Crippen LogP contribution in [-0.2, 0) is 71.1 Å². The molecule has 3 saturated heterocycles. The molecule has 0 saturated carbocycles. The Labute approximate surface area is 633 Å². The van der Waals surface area contributed by atoms with Crippen LogP contribution in [0.5, 0.6) is 0 Å². The zero-order valence-corrected chi connectivity index (χ0v) is 60.3. The Morgan fingerprint density at radius 3 is 1.16 bits per heavy atom. The van der Waals surface area contributed by atoms with Gasteiger partial charge < -0.3 is 93.9 Å². The van der Waals surface area contributed by atoms with Gasteiger partial charge in [-0.3, -0.25) is 0 Å². The van der Waals surface area contributed by atoms with E-state index in [1.54, 1.807) is 130 Å². The van der Waals surface area contributed by atoms with Crippen LogP contribution in [0.3, 0.4) is 0 Å². The summed E-state index contributed by atoms with van der Waals surface area (Å²) in [6.07, 6.45) is -23.3. The number of amides is 1. The van der Waals surface area contributed by atoms with Gasteiger partial charge in [0.25, 0.3) is 0 Å². The third-order valence-corrected chi connectivity index (χ3v) is 18.7. The zero-order valence-electron chi connectivity index (χ0n) is 60.3. The minimum Gasteiger partial charge on any atom is -0.459 e. The van der Waals surface area contributed by atoms with Gasteiger partial charge in [0.1, 0.15) is 55.9 Å². The molecule has 17 atom stereocenters. The molecule has 1 aliphatic carbocycles. The molecule has 3 aliphatic heterocycles. The Morgan fingerprint density at radius 1 is 0.409 bits per heavy atom. The van der Waals surface area contributed by atoms with E-state index in [2.05, 4.69) is 5.32 Å². The summed E-state index contributed by atoms with van der Waals surface area (Å²) in [7, 11) is 0. The van der Waals surface area contributed by atoms with Gasteiger partial charge in [-0.2, -0.15) is 0 Å². The van der Waals surface area contributed by atoms with E-state index < -0.39 is 177 Å². The van der Waals surface area contributed by atoms with Crippen molar-refractivity contribution in [3.8, 4) is 11.1 Å². The maximum atomic E-state index is 14.6. The fourth-order valence-corrected chi connectivity index (χ4v) is 13.2. The van der Waals surface area contributed by atoms with Crippen molar-refractivity contribution in [2.75, 3.05) is 26.4 Å². The van der Waals surface area contributed by atoms with Crippen LogP contribution in [-0.4, -0.2) is 189 Å². The minimum absolute atomic E-state index is 0.0473. The molecule has 3 fully saturated rings. The topological polar surface area (TPSA) is 376 Å². The molecule has 0 bridgehead atoms. The average molecular weight is 1510 g/mol. The second kappa shape index (κ2) is 36.0. The summed E-state index contributed by atoms with van der Waals surface area (Å²) in [6.45, 7) is 3.92. The summed E-state index contributed by atoms with van der Waals surface area (Å²) in [5, 5.41) is 15.6. The fraction of sp³-hybridized carbons (Fsp3) is 0.325. The number of hydrogen-bond donors (Lipinski definition) is 5. The maximum absolute atomic E-state index is 14.6. The Balaban J connectivity index is 0.883. The lowest BCUT2D eigenvalue weighted by Crippen LogP contribution is -2.69. The molecule has 0 aromatic heterocycles. The summed E-state index contributed by atoms with van der Waals surface area (Å²) < 4.78 is 87.7. The molecule has 3 heterocycles. The van der Waals surface area contributed by atoms with Gasteiger partial charge in [0.2, 0.25) is 0 Å². The van der Waals surface area contributed by atoms with E-state index in [1.807, 2.05) is 48.5 Å². The molecule has 8 aromatic carbocycles. The number of fused-ring (bicyclic) bond motifs is 3. The van der Waals surface area contributed by atoms with Crippen LogP contribution in [0.15, 0.2) is 231 Å². The van der Waals surface area contributed by atoms with E-state index in [-0.39, 0.29) is 45.9 Å². The molecule has 1 amide bonds. The van der Waals surface area contributed by atoms with E-state index in [0.29, 0.717) is 0 Å². The van der Waals surface area contributed by atoms with Crippen LogP contribution >= 0.6 is 0 Å². The molecule has 27 heteroatoms. The third kappa shape index (κ3) is 19.1. The van der Waals surface area contributed by atoms with Crippen molar-refractivity contribution in [3.63, 3.8) is 0 Å². The van der Waals surface area contributed by atoms with E-state index in [1.165, 1.54) is 79.7 Å². The number of esters is 7. The number of ether oxygens (including phenoxy) is 14. The predicted octanol–water partition coefficient (Wildman–Crippen LogP) is 8.18. The summed E-state index contributed by atoms with van der Waals surface area (Å²) >= 11 is 0. The van der Waals surface area contributed by atoms with Crippen LogP contribution in [0, 0.1) is 0 Å². The Bertz CT molecular complexity index is 4420. The zero-order chi connectivity index (χ0) is 77.6. The number of aliphatic hydroxyl groups excluding tert-OH is 1. The van der Waals surface area contributed by atoms with Gasteiger partial charge in [-0.25, -0.2) is 38.4 Å². The number of aliphatic hydroxyl groups is 1. The number of alkyl carbamates (subject to hydrolysis) is 1. The van der Waals surface area contributed by atoms with Crippen LogP contribution in [0.4, 0.5) is 4.79 Å². The number of carbonyl (C=O) groups excluding carboxylic acids is 8. The van der Waals surface area contributed by atoms with E-state index in [4.69, 9.17) is 83.5 Å². The molecule has 4 aliphatic rings. The van der Waals surface area contributed by atoms with Gasteiger partial charge in [0.15, 0.2) is 49.3 Å². The van der Waals surface area contributed by atoms with Crippen molar-refractivity contribution in [1.29, 1.82) is 0 Å². The van der Waals surface area contributed by atoms with Gasteiger partial charge in [-0.05, 0) is 123 Å². The monoisotopic (exact) mass is 1500 g/mol. The van der Waals surface area contributed by atoms with Crippen LogP contribution < -0.4 is 22.5 Å². The van der Waals surface area contributed by atoms with Gasteiger partial charge in [0.05, 0.1) is 64.2 Å². The van der Waals surface area contributed by atoms with Gasteiger partial charge >= 0.3 is 47.9 Å². The molecule has 0 spiro atoms. The van der Waals surface area contributed by atoms with Gasteiger partial charge in [-0.1, -0.05) is 158 Å². The fourth-order valence-electron chi connectivity index (χ4n) is 13.2. The lowest BCUT2D eigenvalue weighted by molar-refractivity contribution is -0.335. The van der Waals surface area contributed by atoms with E-state index in [9.17, 15) is 43.5 Å². The summed E-state index contributed by atoms with van der Waals surface area (Å²) in [4.78, 5) is 113. The largest absolute Gasteiger partial charge is 0.459 e. The normalized spacial score (nSPS) is 24.8. The molecule has 110 heavy (non-hydrogen) atoms. The van der Waals surface area contributed by atoms with E-state index in [0.717, 1.165) is 22.3 Å². The second-order valence-electron chi connectivity index (χ2n) is 27.5. The molecule has 27 nitrogen and oxygen atoms in total. The Hall–Kier alpha value is -11.1. The number of hydrogen-bond acceptors (Lipinski definition) is 26. The Morgan fingerprint density at radius 2 is 0.755 bits per heavy atom. The average Bonchev–Trinajstić information content (AvgIpc) is 1.54. The molecular weight excluding hydrogens is 1420 g/mol. The quantitative estimate of drug-likeness (QED) is 0.0252. The lowest BCUT2D eigenvalue weighted by atomic mass is 9.94. The number of nitrogens with two attached hydrogens (primary N) is 3. The maximum Gasteiger partial charge on any atom is 0.407 e. The number of benzene rings is 8. The van der Waals surface area contributed by atoms with Crippen LogP contribution in [0.25, 0.3) is 11.1 Å². The van der Waals surface area contributed by atoms with Crippen LogP contribution in [0.2, 0.25) is 0 Å². The Kier molecular flexibility index (Phi) is 25.7. The number of nitrogens with one attached hydrogen (secondary N) is 1. The number of carbonyl (C=O) groups is 8. The first-order valence-electron chi connectivity index (χ1n) is 35.7. The highest BCUT2D eigenvalue weighted by molar-refractivity contribution is 5.93. The molecule has 0 radical (unpaired) electrons. The highest BCUT2D eigenvalue weighted by atomic mass is 16.8. The molecule has 0 unspecified atom stereocenters. The van der Waals surface area contributed by atoms with Crippen molar-refractivity contribution in [2.45, 2.75) is 143 Å². The number of rotatable bonds is 26. The second-order valence-corrected chi connectivity index (χ2v) is 27.5. The highest BCUT2D eigenvalue weighted by Crippen LogP contribution is 2.45. The van der Waals surface area contributed by atoms with E-state index >= 15 is 0 Å². The summed E-state index contributed by atoms with van der Waals surface area (Å²) in [5.41, 5.74) is 24.6. The van der Waals surface area contributed by atoms with Crippen LogP contribution in [0.1, 0.15) is 107 Å². The van der Waals surface area contributed by atoms with Crippen molar-refractivity contribution in [3.05, 3.63) is 275 Å². The van der Waals surface area contributed by atoms with Crippen molar-refractivity contribution >= 4 is 47.9 Å². The first kappa shape index (κ1) is 78.5. The molecule has 574 valence electrons. The molecular formula is C83H84N4O23. The molecule has 12 rings (SSSR count). The highest BCUT2D eigenvalue weighted by Gasteiger charge is 2.56. The first-order chi connectivity index (χ1) is 53.1. The summed E-state index contributed by atoms with van der Waals surface area (Å²) in [6, 6.07) is 55.8. The van der Waals surface area contributed by atoms with Crippen molar-refractivity contribution in [2.24, 2.45) is 17.2 Å². The molecule has 8 N–H and O–H groups in total. The third-order valence-electron chi connectivity index (χ3n) is 18.7. The standard InChI is InChI=1S/C83H84N4O23/c1-47(65(78(95)110-83(2,3)4)87-82(96)100-43-58-56-41-25-23-39-54(56)55-40-24-26-42-57(55)58)101-80-62(84)69(109-81-64(86)71(108-77(94)53-37-21-10-22-38-53)68(106-75(92)51-33-17-8-18-34-51)61(104-81)46-98-73(90)49-29-13-6-14-30-49)66(88)59(102-80)44-99-79-63(85)70(107-76(93)52-35-19-9-20-36-52)67(105-74(91)50-31-15-7-16-32-50)60(103-79)45-97-72(89)48-27-11-5-12-28-48/h5-42,47,58-71,79-81,88H,43-46,84-86H2,1-4H3,(H,87,96)/t47-,59-,60-,61-,62-,63-,64-,65+,66+,67-,68-,69-,70-,71-,79-,80+,81+/m1/s1. The SMILES string of the molecule is C[C@@H](O[C@H]1O[C@H](CO[C@@H]2O[C@H](COC(=O)c3ccccc3)[C@@H](OC(=O)c3ccccc3)[C@H](OC(=O)c3ccccc3)[C@H]2N)[C@H](O)[C@H](O[C@@H]2O[C@H](COC(=O)c3ccccc3)[C@@H](OC(=O)c3ccccc3)[C@H](OC(=O)c3ccccc3)[C@H]2N)[C@H]1N)[C@H](NC(=O)OCC1c2ccccc2-c2ccccc21)C(=O)OC(C)(C)C. The van der Waals surface area contributed by atoms with Crippen molar-refractivity contribution < 1.29 is 110 Å². The predicted molar refractivity (Wildman–Crippen MR) is 391 cm³/mol. The van der Waals surface area contributed by atoms with Crippen molar-refractivity contribution in [1.82, 2.24) is 5.32 Å². The molecule has 8 aromatic rings. The van der Waals surface area contributed by atoms with Gasteiger partial charge in [-0.15, -0.1) is 0 Å². The lowest BCUT2D eigenvalue weighted by Gasteiger charge is -2.48. The first-order valence-corrected chi connectivity index (χ1v) is 35.7. The summed E-state index contributed by atoms with van der Waals surface area (Å²) in [5.74, 6) is -6.72. The van der Waals surface area contributed by atoms with Gasteiger partial charge in [0, 0.05) is 5.92 Å². The smallest absolute Gasteiger partial charge is 0.407 e. The minimum atomic E-state index is -1.99.